The van der Waals surface area contributed by atoms with Gasteiger partial charge < -0.3 is 9.88 Å². The number of anilines is 1. The number of imidazole rings is 1. The van der Waals surface area contributed by atoms with E-state index in [0.717, 1.165) is 6.07 Å². The maximum atomic E-state index is 12.9. The summed E-state index contributed by atoms with van der Waals surface area (Å²) < 4.78 is 40.3. The number of alkyl halides is 3. The first kappa shape index (κ1) is 15.0. The molecule has 0 fully saturated rings. The third kappa shape index (κ3) is 3.02. The predicted molar refractivity (Wildman–Crippen MR) is 72.0 cm³/mol. The van der Waals surface area contributed by atoms with Crippen molar-refractivity contribution in [1.29, 1.82) is 0 Å². The zero-order valence-electron chi connectivity index (χ0n) is 10.3. The number of para-hydroxylation sites is 1. The molecule has 3 nitrogen and oxygen atoms in total. The second-order valence-corrected chi connectivity index (χ2v) is 4.86. The van der Waals surface area contributed by atoms with Gasteiger partial charge in [0.05, 0.1) is 29.0 Å². The van der Waals surface area contributed by atoms with E-state index in [1.807, 2.05) is 0 Å². The topological polar surface area (TPSA) is 29.9 Å². The minimum absolute atomic E-state index is 0.000121. The van der Waals surface area contributed by atoms with Gasteiger partial charge in [0.25, 0.3) is 0 Å². The van der Waals surface area contributed by atoms with Crippen LogP contribution in [0.2, 0.25) is 10.2 Å². The van der Waals surface area contributed by atoms with E-state index >= 15 is 0 Å². The van der Waals surface area contributed by atoms with Crippen LogP contribution in [0.1, 0.15) is 11.4 Å². The molecule has 108 valence electrons. The fraction of sp³-hybridized carbons (Fsp3) is 0.250. The summed E-state index contributed by atoms with van der Waals surface area (Å²) in [7, 11) is 1.67. The molecule has 0 saturated heterocycles. The zero-order valence-corrected chi connectivity index (χ0v) is 11.8. The van der Waals surface area contributed by atoms with Gasteiger partial charge in [-0.05, 0) is 12.1 Å². The lowest BCUT2D eigenvalue weighted by molar-refractivity contribution is -0.136. The Balaban J connectivity index is 2.28. The zero-order chi connectivity index (χ0) is 14.9. The Morgan fingerprint density at radius 2 is 2.00 bits per heavy atom. The molecular formula is C12H10Cl2F3N3. The smallest absolute Gasteiger partial charge is 0.376 e. The monoisotopic (exact) mass is 323 g/mol. The van der Waals surface area contributed by atoms with Gasteiger partial charge in [-0.25, -0.2) is 4.98 Å². The molecule has 2 rings (SSSR count). The van der Waals surface area contributed by atoms with E-state index in [9.17, 15) is 13.2 Å². The summed E-state index contributed by atoms with van der Waals surface area (Å²) in [6.07, 6.45) is -3.05. The average molecular weight is 324 g/mol. The van der Waals surface area contributed by atoms with Gasteiger partial charge in [0.1, 0.15) is 11.0 Å². The molecule has 0 unspecified atom stereocenters. The highest BCUT2D eigenvalue weighted by Gasteiger charge is 2.34. The maximum absolute atomic E-state index is 12.9. The number of halogens is 5. The van der Waals surface area contributed by atoms with Gasteiger partial charge >= 0.3 is 6.18 Å². The lowest BCUT2D eigenvalue weighted by Crippen LogP contribution is -2.13. The van der Waals surface area contributed by atoms with Gasteiger partial charge in [-0.3, -0.25) is 0 Å². The summed E-state index contributed by atoms with van der Waals surface area (Å²) in [6.45, 7) is 0.0794. The first-order valence-corrected chi connectivity index (χ1v) is 6.32. The van der Waals surface area contributed by atoms with E-state index in [1.165, 1.54) is 18.3 Å². The van der Waals surface area contributed by atoms with E-state index in [1.54, 1.807) is 11.6 Å². The maximum Gasteiger partial charge on any atom is 0.418 e. The molecule has 1 heterocycles. The minimum atomic E-state index is -4.48. The van der Waals surface area contributed by atoms with Crippen LogP contribution in [0.15, 0.2) is 24.4 Å². The van der Waals surface area contributed by atoms with Gasteiger partial charge in [-0.2, -0.15) is 13.2 Å². The molecule has 1 aromatic heterocycles. The van der Waals surface area contributed by atoms with Gasteiger partial charge in [0.15, 0.2) is 0 Å². The van der Waals surface area contributed by atoms with Crippen molar-refractivity contribution in [2.24, 2.45) is 7.05 Å². The van der Waals surface area contributed by atoms with Crippen LogP contribution >= 0.6 is 23.2 Å². The van der Waals surface area contributed by atoms with Crippen molar-refractivity contribution >= 4 is 28.9 Å². The summed E-state index contributed by atoms with van der Waals surface area (Å²) in [5, 5.41) is 3.06. The SMILES string of the molecule is Cn1c(Cl)cnc1CNc1c(Cl)cccc1C(F)(F)F. The highest BCUT2D eigenvalue weighted by molar-refractivity contribution is 6.33. The van der Waals surface area contributed by atoms with Crippen LogP contribution in [-0.4, -0.2) is 9.55 Å². The highest BCUT2D eigenvalue weighted by Crippen LogP contribution is 2.38. The lowest BCUT2D eigenvalue weighted by atomic mass is 10.1. The molecule has 0 amide bonds. The molecule has 8 heteroatoms. The summed E-state index contributed by atoms with van der Waals surface area (Å²) in [6, 6.07) is 3.62. The molecule has 0 radical (unpaired) electrons. The number of nitrogens with zero attached hydrogens (tertiary/aromatic N) is 2. The van der Waals surface area contributed by atoms with Crippen LogP contribution < -0.4 is 5.32 Å². The Labute approximate surface area is 123 Å². The number of nitrogens with one attached hydrogen (secondary N) is 1. The van der Waals surface area contributed by atoms with E-state index < -0.39 is 11.7 Å². The number of aromatic nitrogens is 2. The molecule has 1 aromatic carbocycles. The van der Waals surface area contributed by atoms with Crippen LogP contribution in [0.4, 0.5) is 18.9 Å². The molecular weight excluding hydrogens is 314 g/mol. The molecule has 0 bridgehead atoms. The summed E-state index contributed by atoms with van der Waals surface area (Å²) >= 11 is 11.6. The van der Waals surface area contributed by atoms with Crippen molar-refractivity contribution in [3.63, 3.8) is 0 Å². The van der Waals surface area contributed by atoms with Crippen molar-refractivity contribution in [3.05, 3.63) is 46.0 Å². The number of benzene rings is 1. The molecule has 1 N–H and O–H groups in total. The fourth-order valence-electron chi connectivity index (χ4n) is 1.70. The molecule has 2 aromatic rings. The van der Waals surface area contributed by atoms with E-state index in [-0.39, 0.29) is 17.3 Å². The van der Waals surface area contributed by atoms with Crippen LogP contribution in [0.25, 0.3) is 0 Å². The van der Waals surface area contributed by atoms with Crippen molar-refractivity contribution < 1.29 is 13.2 Å². The molecule has 0 atom stereocenters. The predicted octanol–water partition coefficient (Wildman–Crippen LogP) is 4.36. The molecule has 0 saturated carbocycles. The van der Waals surface area contributed by atoms with Gasteiger partial charge in [0, 0.05) is 7.05 Å². The Morgan fingerprint density at radius 1 is 1.30 bits per heavy atom. The molecule has 0 aliphatic heterocycles. The van der Waals surface area contributed by atoms with Gasteiger partial charge in [-0.1, -0.05) is 29.3 Å². The molecule has 0 aliphatic rings. The fourth-order valence-corrected chi connectivity index (χ4v) is 2.08. The Hall–Kier alpha value is -1.40. The number of rotatable bonds is 3. The number of hydrogen-bond acceptors (Lipinski definition) is 2. The highest BCUT2D eigenvalue weighted by atomic mass is 35.5. The summed E-state index contributed by atoms with van der Waals surface area (Å²) in [5.41, 5.74) is -0.980. The summed E-state index contributed by atoms with van der Waals surface area (Å²) in [4.78, 5) is 4.00. The Kier molecular flexibility index (Phi) is 4.15. The third-order valence-corrected chi connectivity index (χ3v) is 3.44. The van der Waals surface area contributed by atoms with Crippen LogP contribution in [0, 0.1) is 0 Å². The summed E-state index contributed by atoms with van der Waals surface area (Å²) in [5.74, 6) is 0.503. The second-order valence-electron chi connectivity index (χ2n) is 4.07. The van der Waals surface area contributed by atoms with E-state index in [4.69, 9.17) is 23.2 Å². The van der Waals surface area contributed by atoms with Crippen LogP contribution in [-0.2, 0) is 19.8 Å². The van der Waals surface area contributed by atoms with Crippen LogP contribution in [0.3, 0.4) is 0 Å². The average Bonchev–Trinajstić information content (AvgIpc) is 2.67. The second kappa shape index (κ2) is 5.54. The Bertz CT molecular complexity index is 623. The first-order chi connectivity index (χ1) is 9.30. The first-order valence-electron chi connectivity index (χ1n) is 5.56. The molecule has 0 aliphatic carbocycles. The normalized spacial score (nSPS) is 11.7. The van der Waals surface area contributed by atoms with Crippen LogP contribution in [0.5, 0.6) is 0 Å². The minimum Gasteiger partial charge on any atom is -0.376 e. The Morgan fingerprint density at radius 3 is 2.55 bits per heavy atom. The van der Waals surface area contributed by atoms with Gasteiger partial charge in [-0.15, -0.1) is 0 Å². The molecule has 0 spiro atoms. The number of hydrogen-bond donors (Lipinski definition) is 1. The quantitative estimate of drug-likeness (QED) is 0.909. The van der Waals surface area contributed by atoms with E-state index in [2.05, 4.69) is 10.3 Å². The largest absolute Gasteiger partial charge is 0.418 e. The standard InChI is InChI=1S/C12H10Cl2F3N3/c1-20-9(14)5-18-10(20)6-19-11-7(12(15,16)17)3-2-4-8(11)13/h2-5,19H,6H2,1H3. The molecule has 20 heavy (non-hydrogen) atoms. The van der Waals surface area contributed by atoms with Crippen molar-refractivity contribution in [2.75, 3.05) is 5.32 Å². The van der Waals surface area contributed by atoms with Crippen molar-refractivity contribution in [1.82, 2.24) is 9.55 Å². The van der Waals surface area contributed by atoms with Crippen molar-refractivity contribution in [3.8, 4) is 0 Å². The van der Waals surface area contributed by atoms with Crippen molar-refractivity contribution in [2.45, 2.75) is 12.7 Å². The third-order valence-electron chi connectivity index (χ3n) is 2.77. The van der Waals surface area contributed by atoms with Gasteiger partial charge in [0.2, 0.25) is 0 Å². The lowest BCUT2D eigenvalue weighted by Gasteiger charge is -2.15. The van der Waals surface area contributed by atoms with E-state index in [0.29, 0.717) is 11.0 Å².